The molecular formula is C20H21N3O3S2. The van der Waals surface area contributed by atoms with Gasteiger partial charge in [-0.05, 0) is 49.4 Å². The van der Waals surface area contributed by atoms with Crippen LogP contribution in [0.2, 0.25) is 0 Å². The van der Waals surface area contributed by atoms with E-state index in [2.05, 4.69) is 15.5 Å². The number of thioether (sulfide) groups is 2. The van der Waals surface area contributed by atoms with Gasteiger partial charge in [-0.3, -0.25) is 4.79 Å². The lowest BCUT2D eigenvalue weighted by molar-refractivity contribution is -0.113. The number of hydrogen-bond acceptors (Lipinski definition) is 7. The van der Waals surface area contributed by atoms with Gasteiger partial charge in [-0.2, -0.15) is 0 Å². The van der Waals surface area contributed by atoms with Gasteiger partial charge in [0.05, 0.1) is 5.75 Å². The minimum atomic E-state index is -0.130. The molecule has 0 bridgehead atoms. The van der Waals surface area contributed by atoms with E-state index in [1.165, 1.54) is 11.8 Å². The fourth-order valence-electron chi connectivity index (χ4n) is 2.54. The molecule has 0 spiro atoms. The molecule has 6 nitrogen and oxygen atoms in total. The van der Waals surface area contributed by atoms with E-state index in [4.69, 9.17) is 9.15 Å². The number of rotatable bonds is 8. The molecule has 28 heavy (non-hydrogen) atoms. The van der Waals surface area contributed by atoms with Crippen molar-refractivity contribution in [2.45, 2.75) is 30.6 Å². The molecule has 2 aromatic carbocycles. The summed E-state index contributed by atoms with van der Waals surface area (Å²) in [4.78, 5) is 13.2. The van der Waals surface area contributed by atoms with Gasteiger partial charge >= 0.3 is 0 Å². The zero-order valence-electron chi connectivity index (χ0n) is 15.9. The Labute approximate surface area is 172 Å². The average Bonchev–Trinajstić information content (AvgIpc) is 3.14. The third kappa shape index (κ3) is 5.53. The second kappa shape index (κ2) is 9.66. The molecule has 0 unspecified atom stereocenters. The molecule has 1 N–H and O–H groups in total. The van der Waals surface area contributed by atoms with E-state index in [1.807, 2.05) is 62.6 Å². The number of carbonyl (C=O) groups is 1. The average molecular weight is 416 g/mol. The summed E-state index contributed by atoms with van der Waals surface area (Å²) in [5.74, 6) is 1.25. The molecule has 3 rings (SSSR count). The number of anilines is 1. The first-order valence-electron chi connectivity index (χ1n) is 8.63. The Hall–Kier alpha value is -2.45. The van der Waals surface area contributed by atoms with Gasteiger partial charge in [0.2, 0.25) is 5.91 Å². The highest BCUT2D eigenvalue weighted by molar-refractivity contribution is 7.99. The van der Waals surface area contributed by atoms with Crippen LogP contribution in [0, 0.1) is 13.8 Å². The van der Waals surface area contributed by atoms with Crippen LogP contribution in [0.25, 0.3) is 0 Å². The van der Waals surface area contributed by atoms with E-state index in [1.54, 1.807) is 11.8 Å². The second-order valence-corrected chi connectivity index (χ2v) is 7.85. The first kappa shape index (κ1) is 20.3. The van der Waals surface area contributed by atoms with Crippen LogP contribution >= 0.6 is 23.5 Å². The number of amides is 1. The summed E-state index contributed by atoms with van der Waals surface area (Å²) in [6, 6.07) is 13.7. The number of nitrogens with zero attached hydrogens (tertiary/aromatic N) is 2. The number of hydrogen-bond donors (Lipinski definition) is 1. The van der Waals surface area contributed by atoms with Crippen molar-refractivity contribution < 1.29 is 13.9 Å². The Morgan fingerprint density at radius 2 is 1.89 bits per heavy atom. The van der Waals surface area contributed by atoms with Crippen LogP contribution in [0.3, 0.4) is 0 Å². The predicted octanol–water partition coefficient (Wildman–Crippen LogP) is 4.72. The fourth-order valence-corrected chi connectivity index (χ4v) is 3.58. The van der Waals surface area contributed by atoms with Crippen LogP contribution in [0.5, 0.6) is 5.75 Å². The van der Waals surface area contributed by atoms with Gasteiger partial charge in [-0.25, -0.2) is 0 Å². The molecule has 0 radical (unpaired) electrons. The van der Waals surface area contributed by atoms with Crippen molar-refractivity contribution in [1.29, 1.82) is 0 Å². The summed E-state index contributed by atoms with van der Waals surface area (Å²) in [7, 11) is 0. The lowest BCUT2D eigenvalue weighted by atomic mass is 10.1. The van der Waals surface area contributed by atoms with Gasteiger partial charge in [0, 0.05) is 10.6 Å². The molecule has 0 atom stereocenters. The maximum absolute atomic E-state index is 12.1. The normalized spacial score (nSPS) is 10.7. The number of benzene rings is 2. The summed E-state index contributed by atoms with van der Waals surface area (Å²) in [6.45, 7) is 4.17. The molecule has 0 fully saturated rings. The highest BCUT2D eigenvalue weighted by Crippen LogP contribution is 2.24. The van der Waals surface area contributed by atoms with Crippen LogP contribution in [-0.2, 0) is 11.4 Å². The molecule has 0 aliphatic heterocycles. The molecule has 0 aliphatic carbocycles. The quantitative estimate of drug-likeness (QED) is 0.534. The Morgan fingerprint density at radius 1 is 1.14 bits per heavy atom. The zero-order chi connectivity index (χ0) is 19.9. The Balaban J connectivity index is 1.49. The van der Waals surface area contributed by atoms with Crippen LogP contribution in [0.1, 0.15) is 17.0 Å². The van der Waals surface area contributed by atoms with Gasteiger partial charge in [-0.15, -0.1) is 22.0 Å². The summed E-state index contributed by atoms with van der Waals surface area (Å²) in [5, 5.41) is 11.1. The van der Waals surface area contributed by atoms with Crippen molar-refractivity contribution in [1.82, 2.24) is 10.2 Å². The topological polar surface area (TPSA) is 77.2 Å². The molecule has 146 valence electrons. The minimum Gasteiger partial charge on any atom is -0.483 e. The molecule has 0 saturated heterocycles. The number of nitrogens with one attached hydrogen (secondary N) is 1. The van der Waals surface area contributed by atoms with Gasteiger partial charge in [-0.1, -0.05) is 36.0 Å². The lowest BCUT2D eigenvalue weighted by Crippen LogP contribution is -2.13. The number of aromatic nitrogens is 2. The summed E-state index contributed by atoms with van der Waals surface area (Å²) >= 11 is 2.82. The van der Waals surface area contributed by atoms with Crippen molar-refractivity contribution in [2.24, 2.45) is 0 Å². The van der Waals surface area contributed by atoms with E-state index < -0.39 is 0 Å². The largest absolute Gasteiger partial charge is 0.483 e. The van der Waals surface area contributed by atoms with Gasteiger partial charge < -0.3 is 14.5 Å². The molecular weight excluding hydrogens is 394 g/mol. The van der Waals surface area contributed by atoms with E-state index >= 15 is 0 Å². The smallest absolute Gasteiger partial charge is 0.277 e. The van der Waals surface area contributed by atoms with Gasteiger partial charge in [0.25, 0.3) is 11.1 Å². The van der Waals surface area contributed by atoms with Crippen LogP contribution in [0.15, 0.2) is 57.0 Å². The molecule has 3 aromatic rings. The minimum absolute atomic E-state index is 0.130. The first-order valence-corrected chi connectivity index (χ1v) is 10.8. The number of ether oxygens (including phenoxy) is 1. The third-order valence-corrected chi connectivity index (χ3v) is 5.42. The van der Waals surface area contributed by atoms with Gasteiger partial charge in [0.15, 0.2) is 6.61 Å². The van der Waals surface area contributed by atoms with Crippen molar-refractivity contribution in [2.75, 3.05) is 17.3 Å². The van der Waals surface area contributed by atoms with Crippen LogP contribution < -0.4 is 10.1 Å². The van der Waals surface area contributed by atoms with Crippen molar-refractivity contribution in [3.05, 3.63) is 59.5 Å². The standard InChI is InChI=1S/C20H21N3O3S2/c1-13-6-4-7-14(2)19(13)25-11-18-22-23-20(26-18)28-12-17(24)21-15-8-5-9-16(10-15)27-3/h4-10H,11-12H2,1-3H3,(H,21,24). The van der Waals surface area contributed by atoms with Crippen molar-refractivity contribution >= 4 is 35.1 Å². The fraction of sp³-hybridized carbons (Fsp3) is 0.250. The highest BCUT2D eigenvalue weighted by Gasteiger charge is 2.12. The number of carbonyl (C=O) groups excluding carboxylic acids is 1. The lowest BCUT2D eigenvalue weighted by Gasteiger charge is -2.09. The highest BCUT2D eigenvalue weighted by atomic mass is 32.2. The van der Waals surface area contributed by atoms with E-state index in [9.17, 15) is 4.79 Å². The predicted molar refractivity (Wildman–Crippen MR) is 112 cm³/mol. The first-order chi connectivity index (χ1) is 13.5. The molecule has 1 heterocycles. The van der Waals surface area contributed by atoms with E-state index in [0.717, 1.165) is 27.5 Å². The zero-order valence-corrected chi connectivity index (χ0v) is 17.5. The molecule has 1 aromatic heterocycles. The van der Waals surface area contributed by atoms with Gasteiger partial charge in [0.1, 0.15) is 5.75 Å². The molecule has 8 heteroatoms. The van der Waals surface area contributed by atoms with Crippen LogP contribution in [0.4, 0.5) is 5.69 Å². The number of para-hydroxylation sites is 1. The second-order valence-electron chi connectivity index (χ2n) is 6.04. The summed E-state index contributed by atoms with van der Waals surface area (Å²) < 4.78 is 11.4. The maximum Gasteiger partial charge on any atom is 0.277 e. The van der Waals surface area contributed by atoms with E-state index in [-0.39, 0.29) is 18.3 Å². The molecule has 1 amide bonds. The maximum atomic E-state index is 12.1. The van der Waals surface area contributed by atoms with Crippen molar-refractivity contribution in [3.63, 3.8) is 0 Å². The van der Waals surface area contributed by atoms with Crippen LogP contribution in [-0.4, -0.2) is 28.1 Å². The number of aryl methyl sites for hydroxylation is 2. The van der Waals surface area contributed by atoms with Crippen molar-refractivity contribution in [3.8, 4) is 5.75 Å². The SMILES string of the molecule is CSc1cccc(NC(=O)CSc2nnc(COc3c(C)cccc3C)o2)c1. The summed E-state index contributed by atoms with van der Waals surface area (Å²) in [6.07, 6.45) is 1.99. The Bertz CT molecular complexity index is 939. The Morgan fingerprint density at radius 3 is 2.64 bits per heavy atom. The monoisotopic (exact) mass is 415 g/mol. The molecule has 0 saturated carbocycles. The summed E-state index contributed by atoms with van der Waals surface area (Å²) in [5.41, 5.74) is 2.87. The Kier molecular flexibility index (Phi) is 7.00. The molecule has 0 aliphatic rings. The van der Waals surface area contributed by atoms with E-state index in [0.29, 0.717) is 11.1 Å². The third-order valence-electron chi connectivity index (χ3n) is 3.88.